The summed E-state index contributed by atoms with van der Waals surface area (Å²) in [5.74, 6) is 1.59. The van der Waals surface area contributed by atoms with Crippen LogP contribution in [-0.2, 0) is 0 Å². The third-order valence-electron chi connectivity index (χ3n) is 3.52. The van der Waals surface area contributed by atoms with Crippen molar-refractivity contribution in [3.63, 3.8) is 0 Å². The third kappa shape index (κ3) is 4.96. The van der Waals surface area contributed by atoms with Gasteiger partial charge in [-0.15, -0.1) is 0 Å². The minimum Gasteiger partial charge on any atom is -0.490 e. The maximum atomic E-state index is 5.64. The monoisotopic (exact) mass is 290 g/mol. The molecule has 2 rings (SSSR count). The van der Waals surface area contributed by atoms with Crippen LogP contribution in [0.5, 0.6) is 11.5 Å². The van der Waals surface area contributed by atoms with E-state index in [1.54, 1.807) is 0 Å². The first-order valence-corrected chi connectivity index (χ1v) is 8.02. The second-order valence-corrected chi connectivity index (χ2v) is 5.18. The van der Waals surface area contributed by atoms with Crippen LogP contribution in [0.2, 0.25) is 0 Å². The van der Waals surface area contributed by atoms with Gasteiger partial charge in [-0.25, -0.2) is 0 Å². The number of hydrazone groups is 1. The zero-order valence-electron chi connectivity index (χ0n) is 13.2. The average molecular weight is 290 g/mol. The van der Waals surface area contributed by atoms with Crippen molar-refractivity contribution < 1.29 is 9.47 Å². The average Bonchev–Trinajstić information content (AvgIpc) is 2.76. The molecule has 0 unspecified atom stereocenters. The van der Waals surface area contributed by atoms with E-state index in [-0.39, 0.29) is 0 Å². The Morgan fingerprint density at radius 3 is 2.33 bits per heavy atom. The summed E-state index contributed by atoms with van der Waals surface area (Å²) in [5, 5.41) is 6.77. The lowest BCUT2D eigenvalue weighted by atomic mass is 10.2. The summed E-state index contributed by atoms with van der Waals surface area (Å²) in [5.41, 5.74) is 1.05. The molecule has 1 aliphatic heterocycles. The number of benzene rings is 1. The quantitative estimate of drug-likeness (QED) is 0.749. The zero-order chi connectivity index (χ0) is 14.9. The summed E-state index contributed by atoms with van der Waals surface area (Å²) in [6, 6.07) is 5.98. The Balaban J connectivity index is 2.06. The van der Waals surface area contributed by atoms with Gasteiger partial charge in [0, 0.05) is 13.1 Å². The minimum atomic E-state index is 0.632. The Hall–Kier alpha value is -1.71. The second-order valence-electron chi connectivity index (χ2n) is 5.18. The van der Waals surface area contributed by atoms with E-state index in [4.69, 9.17) is 9.47 Å². The molecule has 0 radical (unpaired) electrons. The molecule has 0 amide bonds. The predicted octanol–water partition coefficient (Wildman–Crippen LogP) is 3.69. The number of rotatable bonds is 6. The largest absolute Gasteiger partial charge is 0.490 e. The van der Waals surface area contributed by atoms with Gasteiger partial charge in [-0.2, -0.15) is 5.10 Å². The Bertz CT molecular complexity index is 452. The number of nitrogens with zero attached hydrogens (tertiary/aromatic N) is 2. The molecule has 21 heavy (non-hydrogen) atoms. The number of ether oxygens (including phenoxy) is 2. The number of hydrogen-bond donors (Lipinski definition) is 0. The van der Waals surface area contributed by atoms with Crippen LogP contribution in [0, 0.1) is 0 Å². The molecule has 1 aromatic rings. The van der Waals surface area contributed by atoms with Crippen LogP contribution in [0.3, 0.4) is 0 Å². The molecule has 1 heterocycles. The van der Waals surface area contributed by atoms with E-state index in [0.717, 1.165) is 30.2 Å². The maximum Gasteiger partial charge on any atom is 0.161 e. The summed E-state index contributed by atoms with van der Waals surface area (Å²) in [7, 11) is 0. The van der Waals surface area contributed by atoms with E-state index in [0.29, 0.717) is 13.2 Å². The normalized spacial score (nSPS) is 16.0. The third-order valence-corrected chi connectivity index (χ3v) is 3.52. The molecular formula is C17H26N2O2. The van der Waals surface area contributed by atoms with Crippen LogP contribution in [0.4, 0.5) is 0 Å². The number of hydrogen-bond acceptors (Lipinski definition) is 4. The highest BCUT2D eigenvalue weighted by Crippen LogP contribution is 2.28. The second kappa shape index (κ2) is 8.55. The molecule has 1 saturated heterocycles. The molecule has 1 aromatic carbocycles. The summed E-state index contributed by atoms with van der Waals surface area (Å²) >= 11 is 0. The maximum absolute atomic E-state index is 5.64. The van der Waals surface area contributed by atoms with Crippen LogP contribution < -0.4 is 9.47 Å². The molecule has 0 aliphatic carbocycles. The summed E-state index contributed by atoms with van der Waals surface area (Å²) < 4.78 is 11.2. The van der Waals surface area contributed by atoms with E-state index < -0.39 is 0 Å². The SMILES string of the molecule is CCOc1ccc(/C=N/N2CCCCCC2)cc1OCC. The van der Waals surface area contributed by atoms with E-state index in [9.17, 15) is 0 Å². The smallest absolute Gasteiger partial charge is 0.161 e. The van der Waals surface area contributed by atoms with Crippen LogP contribution in [0.1, 0.15) is 45.1 Å². The Labute approximate surface area is 127 Å². The molecule has 0 N–H and O–H groups in total. The van der Waals surface area contributed by atoms with Gasteiger partial charge in [0.05, 0.1) is 19.4 Å². The lowest BCUT2D eigenvalue weighted by molar-refractivity contribution is 0.287. The van der Waals surface area contributed by atoms with Gasteiger partial charge in [0.25, 0.3) is 0 Å². The van der Waals surface area contributed by atoms with Gasteiger partial charge in [0.1, 0.15) is 0 Å². The molecule has 4 nitrogen and oxygen atoms in total. The summed E-state index contributed by atoms with van der Waals surface area (Å²) in [6.07, 6.45) is 7.05. The van der Waals surface area contributed by atoms with Gasteiger partial charge >= 0.3 is 0 Å². The molecule has 0 bridgehead atoms. The summed E-state index contributed by atoms with van der Waals surface area (Å²) in [6.45, 7) is 7.35. The van der Waals surface area contributed by atoms with Crippen LogP contribution in [0.15, 0.2) is 23.3 Å². The lowest BCUT2D eigenvalue weighted by Gasteiger charge is -2.15. The molecular weight excluding hydrogens is 264 g/mol. The molecule has 0 atom stereocenters. The van der Waals surface area contributed by atoms with E-state index in [1.807, 2.05) is 38.3 Å². The fourth-order valence-electron chi connectivity index (χ4n) is 2.47. The first kappa shape index (κ1) is 15.7. The van der Waals surface area contributed by atoms with Gasteiger partial charge < -0.3 is 9.47 Å². The standard InChI is InChI=1S/C17H26N2O2/c1-3-20-16-10-9-15(13-17(16)21-4-2)14-18-19-11-7-5-6-8-12-19/h9-10,13-14H,3-8,11-12H2,1-2H3/b18-14+. The first-order valence-electron chi connectivity index (χ1n) is 8.02. The fraction of sp³-hybridized carbons (Fsp3) is 0.588. The highest BCUT2D eigenvalue weighted by atomic mass is 16.5. The minimum absolute atomic E-state index is 0.632. The summed E-state index contributed by atoms with van der Waals surface area (Å²) in [4.78, 5) is 0. The van der Waals surface area contributed by atoms with Gasteiger partial charge in [0.15, 0.2) is 11.5 Å². The fourth-order valence-corrected chi connectivity index (χ4v) is 2.47. The van der Waals surface area contributed by atoms with Gasteiger partial charge in [-0.1, -0.05) is 12.8 Å². The van der Waals surface area contributed by atoms with Crippen molar-refractivity contribution in [3.05, 3.63) is 23.8 Å². The molecule has 1 fully saturated rings. The molecule has 0 aromatic heterocycles. The van der Waals surface area contributed by atoms with Gasteiger partial charge in [0.2, 0.25) is 0 Å². The van der Waals surface area contributed by atoms with E-state index >= 15 is 0 Å². The topological polar surface area (TPSA) is 34.1 Å². The molecule has 0 spiro atoms. The molecule has 1 aliphatic rings. The van der Waals surface area contributed by atoms with Crippen molar-refractivity contribution in [3.8, 4) is 11.5 Å². The first-order chi connectivity index (χ1) is 10.3. The highest BCUT2D eigenvalue weighted by molar-refractivity contribution is 5.80. The van der Waals surface area contributed by atoms with Crippen LogP contribution >= 0.6 is 0 Å². The Morgan fingerprint density at radius 1 is 1.00 bits per heavy atom. The van der Waals surface area contributed by atoms with Gasteiger partial charge in [-0.3, -0.25) is 5.01 Å². The van der Waals surface area contributed by atoms with Crippen LogP contribution in [0.25, 0.3) is 0 Å². The van der Waals surface area contributed by atoms with Crippen molar-refractivity contribution in [2.45, 2.75) is 39.5 Å². The van der Waals surface area contributed by atoms with Crippen molar-refractivity contribution in [1.82, 2.24) is 5.01 Å². The van der Waals surface area contributed by atoms with E-state index in [2.05, 4.69) is 10.1 Å². The lowest BCUT2D eigenvalue weighted by Crippen LogP contribution is -2.18. The molecule has 116 valence electrons. The highest BCUT2D eigenvalue weighted by Gasteiger charge is 2.07. The van der Waals surface area contributed by atoms with Crippen molar-refractivity contribution >= 4 is 6.21 Å². The Kier molecular flexibility index (Phi) is 6.38. The Morgan fingerprint density at radius 2 is 1.67 bits per heavy atom. The molecule has 0 saturated carbocycles. The van der Waals surface area contributed by atoms with Gasteiger partial charge in [-0.05, 0) is 50.5 Å². The van der Waals surface area contributed by atoms with Crippen molar-refractivity contribution in [2.24, 2.45) is 5.10 Å². The van der Waals surface area contributed by atoms with Crippen molar-refractivity contribution in [1.29, 1.82) is 0 Å². The zero-order valence-corrected chi connectivity index (χ0v) is 13.2. The van der Waals surface area contributed by atoms with Crippen LogP contribution in [-0.4, -0.2) is 37.5 Å². The van der Waals surface area contributed by atoms with Crippen molar-refractivity contribution in [2.75, 3.05) is 26.3 Å². The van der Waals surface area contributed by atoms with E-state index in [1.165, 1.54) is 25.7 Å². The predicted molar refractivity (Wildman–Crippen MR) is 86.4 cm³/mol. The molecule has 4 heteroatoms.